The van der Waals surface area contributed by atoms with Gasteiger partial charge in [0.15, 0.2) is 0 Å². The number of nitrogens with zero attached hydrogens (tertiary/aromatic N) is 1. The van der Waals surface area contributed by atoms with E-state index in [-0.39, 0.29) is 5.91 Å². The third-order valence-corrected chi connectivity index (χ3v) is 2.94. The standard InChI is InChI=1S/C14H14ClN3O2/c1-8-5-9(6-13(16)17-8)14(19)18-10-3-4-12(20-2)11(15)7-10/h3-7H,1-2H3,(H2,16,17)(H,18,19). The molecule has 0 unspecified atom stereocenters. The number of anilines is 2. The van der Waals surface area contributed by atoms with Crippen LogP contribution in [-0.4, -0.2) is 18.0 Å². The number of halogens is 1. The van der Waals surface area contributed by atoms with Gasteiger partial charge < -0.3 is 15.8 Å². The first-order chi connectivity index (χ1) is 9.49. The average molecular weight is 292 g/mol. The third-order valence-electron chi connectivity index (χ3n) is 2.65. The van der Waals surface area contributed by atoms with Crippen LogP contribution in [0.5, 0.6) is 5.75 Å². The number of aromatic nitrogens is 1. The number of carbonyl (C=O) groups excluding carboxylic acids is 1. The highest BCUT2D eigenvalue weighted by Gasteiger charge is 2.09. The van der Waals surface area contributed by atoms with Crippen molar-refractivity contribution in [2.45, 2.75) is 6.92 Å². The van der Waals surface area contributed by atoms with E-state index in [0.29, 0.717) is 33.5 Å². The van der Waals surface area contributed by atoms with Gasteiger partial charge >= 0.3 is 0 Å². The topological polar surface area (TPSA) is 77.2 Å². The van der Waals surface area contributed by atoms with E-state index < -0.39 is 0 Å². The molecule has 0 saturated heterocycles. The fourth-order valence-electron chi connectivity index (χ4n) is 1.77. The number of pyridine rings is 1. The predicted molar refractivity (Wildman–Crippen MR) is 79.3 cm³/mol. The molecule has 0 aliphatic carbocycles. The van der Waals surface area contributed by atoms with Gasteiger partial charge in [-0.1, -0.05) is 11.6 Å². The van der Waals surface area contributed by atoms with Crippen LogP contribution in [0.25, 0.3) is 0 Å². The van der Waals surface area contributed by atoms with E-state index in [1.807, 2.05) is 0 Å². The number of hydrogen-bond donors (Lipinski definition) is 2. The number of aryl methyl sites for hydroxylation is 1. The summed E-state index contributed by atoms with van der Waals surface area (Å²) in [6.45, 7) is 1.78. The number of ether oxygens (including phenoxy) is 1. The first kappa shape index (κ1) is 14.1. The van der Waals surface area contributed by atoms with Crippen molar-refractivity contribution >= 4 is 29.0 Å². The van der Waals surface area contributed by atoms with Crippen molar-refractivity contribution in [3.8, 4) is 5.75 Å². The Morgan fingerprint density at radius 2 is 2.10 bits per heavy atom. The number of nitrogens with two attached hydrogens (primary N) is 1. The third kappa shape index (κ3) is 3.19. The zero-order valence-electron chi connectivity index (χ0n) is 11.1. The summed E-state index contributed by atoms with van der Waals surface area (Å²) >= 11 is 6.00. The van der Waals surface area contributed by atoms with Crippen molar-refractivity contribution in [3.05, 3.63) is 46.6 Å². The van der Waals surface area contributed by atoms with Crippen LogP contribution in [0.15, 0.2) is 30.3 Å². The van der Waals surface area contributed by atoms with E-state index in [4.69, 9.17) is 22.1 Å². The monoisotopic (exact) mass is 291 g/mol. The Kier molecular flexibility index (Phi) is 4.10. The maximum absolute atomic E-state index is 12.1. The summed E-state index contributed by atoms with van der Waals surface area (Å²) in [6, 6.07) is 8.20. The molecule has 5 nitrogen and oxygen atoms in total. The zero-order chi connectivity index (χ0) is 14.7. The van der Waals surface area contributed by atoms with Crippen LogP contribution in [0.3, 0.4) is 0 Å². The number of amides is 1. The summed E-state index contributed by atoms with van der Waals surface area (Å²) in [5, 5.41) is 3.17. The summed E-state index contributed by atoms with van der Waals surface area (Å²) in [5.74, 6) is 0.583. The lowest BCUT2D eigenvalue weighted by Gasteiger charge is -2.09. The summed E-state index contributed by atoms with van der Waals surface area (Å²) in [7, 11) is 1.53. The number of methoxy groups -OCH3 is 1. The van der Waals surface area contributed by atoms with E-state index in [9.17, 15) is 4.79 Å². The van der Waals surface area contributed by atoms with Crippen molar-refractivity contribution in [3.63, 3.8) is 0 Å². The van der Waals surface area contributed by atoms with Gasteiger partial charge in [0, 0.05) is 16.9 Å². The van der Waals surface area contributed by atoms with Crippen molar-refractivity contribution in [1.82, 2.24) is 4.98 Å². The van der Waals surface area contributed by atoms with Crippen molar-refractivity contribution in [2.75, 3.05) is 18.2 Å². The van der Waals surface area contributed by atoms with Crippen LogP contribution in [0.4, 0.5) is 11.5 Å². The van der Waals surface area contributed by atoms with Crippen molar-refractivity contribution < 1.29 is 9.53 Å². The van der Waals surface area contributed by atoms with Gasteiger partial charge in [0.1, 0.15) is 11.6 Å². The second kappa shape index (κ2) is 5.79. The van der Waals surface area contributed by atoms with Crippen LogP contribution in [0.2, 0.25) is 5.02 Å². The Labute approximate surface area is 121 Å². The van der Waals surface area contributed by atoms with Gasteiger partial charge in [-0.3, -0.25) is 4.79 Å². The van der Waals surface area contributed by atoms with Crippen molar-refractivity contribution in [2.24, 2.45) is 0 Å². The molecule has 0 radical (unpaired) electrons. The molecule has 0 aliphatic heterocycles. The normalized spacial score (nSPS) is 10.2. The van der Waals surface area contributed by atoms with Gasteiger partial charge in [0.25, 0.3) is 5.91 Å². The Bertz CT molecular complexity index is 639. The molecule has 1 heterocycles. The van der Waals surface area contributed by atoms with Crippen LogP contribution in [0, 0.1) is 6.92 Å². The first-order valence-corrected chi connectivity index (χ1v) is 6.26. The molecule has 0 bridgehead atoms. The highest BCUT2D eigenvalue weighted by Crippen LogP contribution is 2.27. The smallest absolute Gasteiger partial charge is 0.255 e. The lowest BCUT2D eigenvalue weighted by Crippen LogP contribution is -2.13. The molecule has 104 valence electrons. The molecule has 6 heteroatoms. The number of benzene rings is 1. The van der Waals surface area contributed by atoms with Gasteiger partial charge in [0.2, 0.25) is 0 Å². The molecular weight excluding hydrogens is 278 g/mol. The fraction of sp³-hybridized carbons (Fsp3) is 0.143. The molecule has 2 aromatic rings. The molecule has 1 amide bonds. The van der Waals surface area contributed by atoms with Gasteiger partial charge in [-0.2, -0.15) is 0 Å². The second-order valence-electron chi connectivity index (χ2n) is 4.23. The molecule has 0 fully saturated rings. The molecule has 2 rings (SSSR count). The Balaban J connectivity index is 2.21. The summed E-state index contributed by atoms with van der Waals surface area (Å²) in [6.07, 6.45) is 0. The maximum atomic E-state index is 12.1. The van der Waals surface area contributed by atoms with E-state index in [0.717, 1.165) is 0 Å². The number of nitrogens with one attached hydrogen (secondary N) is 1. The largest absolute Gasteiger partial charge is 0.495 e. The average Bonchev–Trinajstić information content (AvgIpc) is 2.37. The number of carbonyl (C=O) groups is 1. The number of nitrogen functional groups attached to an aromatic ring is 1. The van der Waals surface area contributed by atoms with Crippen LogP contribution in [-0.2, 0) is 0 Å². The molecule has 0 atom stereocenters. The summed E-state index contributed by atoms with van der Waals surface area (Å²) in [5.41, 5.74) is 7.33. The number of rotatable bonds is 3. The van der Waals surface area contributed by atoms with E-state index in [2.05, 4.69) is 10.3 Å². The first-order valence-electron chi connectivity index (χ1n) is 5.88. The van der Waals surface area contributed by atoms with E-state index >= 15 is 0 Å². The quantitative estimate of drug-likeness (QED) is 0.911. The van der Waals surface area contributed by atoms with Crippen LogP contribution in [0.1, 0.15) is 16.1 Å². The van der Waals surface area contributed by atoms with Crippen LogP contribution < -0.4 is 15.8 Å². The molecular formula is C14H14ClN3O2. The fourth-order valence-corrected chi connectivity index (χ4v) is 2.03. The van der Waals surface area contributed by atoms with Gasteiger partial charge in [-0.25, -0.2) is 4.98 Å². The second-order valence-corrected chi connectivity index (χ2v) is 4.63. The van der Waals surface area contributed by atoms with Crippen LogP contribution >= 0.6 is 11.6 Å². The lowest BCUT2D eigenvalue weighted by atomic mass is 10.2. The van der Waals surface area contributed by atoms with E-state index in [1.165, 1.54) is 13.2 Å². The SMILES string of the molecule is COc1ccc(NC(=O)c2cc(C)nc(N)c2)cc1Cl. The Hall–Kier alpha value is -2.27. The molecule has 1 aromatic heterocycles. The summed E-state index contributed by atoms with van der Waals surface area (Å²) in [4.78, 5) is 16.1. The minimum atomic E-state index is -0.275. The highest BCUT2D eigenvalue weighted by molar-refractivity contribution is 6.32. The zero-order valence-corrected chi connectivity index (χ0v) is 11.9. The van der Waals surface area contributed by atoms with Gasteiger partial charge in [-0.05, 0) is 37.3 Å². The molecule has 0 spiro atoms. The minimum absolute atomic E-state index is 0.275. The number of hydrogen-bond acceptors (Lipinski definition) is 4. The van der Waals surface area contributed by atoms with Gasteiger partial charge in [-0.15, -0.1) is 0 Å². The minimum Gasteiger partial charge on any atom is -0.495 e. The Morgan fingerprint density at radius 3 is 2.70 bits per heavy atom. The van der Waals surface area contributed by atoms with Gasteiger partial charge in [0.05, 0.1) is 12.1 Å². The Morgan fingerprint density at radius 1 is 1.35 bits per heavy atom. The maximum Gasteiger partial charge on any atom is 0.255 e. The summed E-state index contributed by atoms with van der Waals surface area (Å²) < 4.78 is 5.05. The molecule has 1 aromatic carbocycles. The predicted octanol–water partition coefficient (Wildman–Crippen LogP) is 2.89. The van der Waals surface area contributed by atoms with E-state index in [1.54, 1.807) is 31.2 Å². The molecule has 20 heavy (non-hydrogen) atoms. The van der Waals surface area contributed by atoms with Crippen molar-refractivity contribution in [1.29, 1.82) is 0 Å². The molecule has 3 N–H and O–H groups in total. The lowest BCUT2D eigenvalue weighted by molar-refractivity contribution is 0.102. The molecule has 0 aliphatic rings. The highest BCUT2D eigenvalue weighted by atomic mass is 35.5. The molecule has 0 saturated carbocycles.